The molecular formula is C25H20F2N2O4. The lowest BCUT2D eigenvalue weighted by Gasteiger charge is -2.16. The highest BCUT2D eigenvalue weighted by molar-refractivity contribution is 6.46. The zero-order valence-electron chi connectivity index (χ0n) is 17.9. The van der Waals surface area contributed by atoms with Crippen molar-refractivity contribution < 1.29 is 27.8 Å². The van der Waals surface area contributed by atoms with E-state index >= 15 is 0 Å². The molecule has 0 spiro atoms. The SMILES string of the molecule is CCOc1ccc(C2=C(Nc3ccccc3OC)C(=O)N(c3ccc(F)cc3F)C2=O)cc1. The number of hydrogen-bond donors (Lipinski definition) is 1. The average molecular weight is 450 g/mol. The van der Waals surface area contributed by atoms with Crippen molar-refractivity contribution in [3.05, 3.63) is 89.6 Å². The van der Waals surface area contributed by atoms with Gasteiger partial charge in [0.15, 0.2) is 0 Å². The van der Waals surface area contributed by atoms with Crippen LogP contribution in [0.3, 0.4) is 0 Å². The smallest absolute Gasteiger partial charge is 0.282 e. The van der Waals surface area contributed by atoms with Crippen LogP contribution in [0.25, 0.3) is 5.57 Å². The van der Waals surface area contributed by atoms with Crippen molar-refractivity contribution in [3.63, 3.8) is 0 Å². The van der Waals surface area contributed by atoms with Gasteiger partial charge in [-0.25, -0.2) is 13.7 Å². The van der Waals surface area contributed by atoms with Crippen LogP contribution in [0.15, 0.2) is 72.4 Å². The number of carbonyl (C=O) groups excluding carboxylic acids is 2. The van der Waals surface area contributed by atoms with Crippen LogP contribution < -0.4 is 19.7 Å². The highest BCUT2D eigenvalue weighted by atomic mass is 19.1. The van der Waals surface area contributed by atoms with E-state index in [-0.39, 0.29) is 17.0 Å². The first-order valence-electron chi connectivity index (χ1n) is 10.2. The summed E-state index contributed by atoms with van der Waals surface area (Å²) in [5.74, 6) is -2.32. The second-order valence-electron chi connectivity index (χ2n) is 7.07. The summed E-state index contributed by atoms with van der Waals surface area (Å²) in [6.07, 6.45) is 0. The second kappa shape index (κ2) is 9.12. The number of nitrogens with zero attached hydrogens (tertiary/aromatic N) is 1. The molecule has 0 aromatic heterocycles. The number of imide groups is 1. The van der Waals surface area contributed by atoms with Gasteiger partial charge in [0.05, 0.1) is 30.7 Å². The minimum Gasteiger partial charge on any atom is -0.495 e. The van der Waals surface area contributed by atoms with Crippen molar-refractivity contribution in [2.24, 2.45) is 0 Å². The Hall–Kier alpha value is -4.20. The van der Waals surface area contributed by atoms with Gasteiger partial charge in [-0.05, 0) is 48.9 Å². The molecule has 0 bridgehead atoms. The van der Waals surface area contributed by atoms with Crippen molar-refractivity contribution in [1.82, 2.24) is 0 Å². The maximum Gasteiger partial charge on any atom is 0.282 e. The number of halogens is 2. The van der Waals surface area contributed by atoms with Crippen molar-refractivity contribution in [1.29, 1.82) is 0 Å². The molecular weight excluding hydrogens is 430 g/mol. The van der Waals surface area contributed by atoms with Crippen molar-refractivity contribution >= 4 is 28.8 Å². The molecule has 0 unspecified atom stereocenters. The quantitative estimate of drug-likeness (QED) is 0.526. The zero-order chi connectivity index (χ0) is 23.5. The number of amides is 2. The van der Waals surface area contributed by atoms with E-state index in [0.29, 0.717) is 40.3 Å². The van der Waals surface area contributed by atoms with Crippen molar-refractivity contribution in [2.45, 2.75) is 6.92 Å². The number of anilines is 2. The van der Waals surface area contributed by atoms with Gasteiger partial charge in [0, 0.05) is 6.07 Å². The Bertz CT molecular complexity index is 1260. The molecule has 8 heteroatoms. The zero-order valence-corrected chi connectivity index (χ0v) is 17.9. The molecule has 1 heterocycles. The summed E-state index contributed by atoms with van der Waals surface area (Å²) in [7, 11) is 1.48. The number of nitrogens with one attached hydrogen (secondary N) is 1. The molecule has 0 radical (unpaired) electrons. The van der Waals surface area contributed by atoms with Gasteiger partial charge in [0.25, 0.3) is 11.8 Å². The van der Waals surface area contributed by atoms with E-state index in [4.69, 9.17) is 9.47 Å². The summed E-state index contributed by atoms with van der Waals surface area (Å²) >= 11 is 0. The summed E-state index contributed by atoms with van der Waals surface area (Å²) in [6.45, 7) is 2.32. The lowest BCUT2D eigenvalue weighted by atomic mass is 10.0. The Morgan fingerprint density at radius 2 is 1.67 bits per heavy atom. The van der Waals surface area contributed by atoms with E-state index in [1.165, 1.54) is 7.11 Å². The topological polar surface area (TPSA) is 67.9 Å². The molecule has 0 saturated carbocycles. The summed E-state index contributed by atoms with van der Waals surface area (Å²) in [5.41, 5.74) is 0.516. The van der Waals surface area contributed by atoms with Gasteiger partial charge in [-0.2, -0.15) is 0 Å². The summed E-state index contributed by atoms with van der Waals surface area (Å²) in [6, 6.07) is 16.2. The standard InChI is InChI=1S/C25H20F2N2O4/c1-3-33-17-11-8-15(9-12-17)22-23(28-19-6-4-5-7-21(19)32-2)25(31)29(24(22)30)20-13-10-16(26)14-18(20)27/h4-14,28H,3H2,1-2H3. The van der Waals surface area contributed by atoms with Gasteiger partial charge in [-0.15, -0.1) is 0 Å². The van der Waals surface area contributed by atoms with E-state index in [1.54, 1.807) is 48.5 Å². The number of hydrogen-bond acceptors (Lipinski definition) is 5. The van der Waals surface area contributed by atoms with E-state index in [0.717, 1.165) is 12.1 Å². The molecule has 168 valence electrons. The fourth-order valence-electron chi connectivity index (χ4n) is 3.56. The fraction of sp³-hybridized carbons (Fsp3) is 0.120. The molecule has 3 aromatic rings. The molecule has 33 heavy (non-hydrogen) atoms. The predicted octanol–water partition coefficient (Wildman–Crippen LogP) is 4.77. The third-order valence-corrected chi connectivity index (χ3v) is 5.06. The van der Waals surface area contributed by atoms with Crippen molar-refractivity contribution in [3.8, 4) is 11.5 Å². The third kappa shape index (κ3) is 4.15. The largest absolute Gasteiger partial charge is 0.495 e. The Morgan fingerprint density at radius 1 is 0.939 bits per heavy atom. The Balaban J connectivity index is 1.83. The van der Waals surface area contributed by atoms with Gasteiger partial charge in [0.2, 0.25) is 0 Å². The molecule has 2 amide bonds. The van der Waals surface area contributed by atoms with Crippen LogP contribution in [0.1, 0.15) is 12.5 Å². The molecule has 1 aliphatic heterocycles. The number of benzene rings is 3. The highest BCUT2D eigenvalue weighted by Gasteiger charge is 2.41. The summed E-state index contributed by atoms with van der Waals surface area (Å²) in [5, 5.41) is 2.97. The van der Waals surface area contributed by atoms with Crippen LogP contribution >= 0.6 is 0 Å². The van der Waals surface area contributed by atoms with Gasteiger partial charge in [-0.3, -0.25) is 9.59 Å². The summed E-state index contributed by atoms with van der Waals surface area (Å²) in [4.78, 5) is 27.5. The predicted molar refractivity (Wildman–Crippen MR) is 120 cm³/mol. The molecule has 1 aliphatic rings. The Kier molecular flexibility index (Phi) is 6.08. The molecule has 1 N–H and O–H groups in total. The first-order valence-corrected chi connectivity index (χ1v) is 10.2. The number of carbonyl (C=O) groups is 2. The third-order valence-electron chi connectivity index (χ3n) is 5.06. The normalized spacial score (nSPS) is 13.5. The second-order valence-corrected chi connectivity index (χ2v) is 7.07. The maximum absolute atomic E-state index is 14.5. The van der Waals surface area contributed by atoms with Gasteiger partial charge in [0.1, 0.15) is 28.8 Å². The minimum absolute atomic E-state index is 0.0395. The highest BCUT2D eigenvalue weighted by Crippen LogP contribution is 2.37. The van der Waals surface area contributed by atoms with Gasteiger partial charge in [-0.1, -0.05) is 24.3 Å². The Morgan fingerprint density at radius 3 is 2.33 bits per heavy atom. The van der Waals surface area contributed by atoms with Crippen molar-refractivity contribution in [2.75, 3.05) is 23.9 Å². The van der Waals surface area contributed by atoms with Crippen LogP contribution in [0.5, 0.6) is 11.5 Å². The molecule has 0 saturated heterocycles. The van der Waals surface area contributed by atoms with Gasteiger partial charge < -0.3 is 14.8 Å². The van der Waals surface area contributed by atoms with Crippen LogP contribution in [-0.4, -0.2) is 25.5 Å². The van der Waals surface area contributed by atoms with Crippen LogP contribution in [0.2, 0.25) is 0 Å². The van der Waals surface area contributed by atoms with Gasteiger partial charge >= 0.3 is 0 Å². The lowest BCUT2D eigenvalue weighted by Crippen LogP contribution is -2.33. The van der Waals surface area contributed by atoms with E-state index in [2.05, 4.69) is 5.32 Å². The maximum atomic E-state index is 14.5. The van der Waals surface area contributed by atoms with Crippen LogP contribution in [0.4, 0.5) is 20.2 Å². The van der Waals surface area contributed by atoms with Crippen LogP contribution in [-0.2, 0) is 9.59 Å². The van der Waals surface area contributed by atoms with Crippen LogP contribution in [0, 0.1) is 11.6 Å². The first kappa shape index (κ1) is 22.0. The molecule has 0 atom stereocenters. The van der Waals surface area contributed by atoms with E-state index in [1.807, 2.05) is 6.92 Å². The van der Waals surface area contributed by atoms with E-state index in [9.17, 15) is 18.4 Å². The molecule has 0 fully saturated rings. The fourth-order valence-corrected chi connectivity index (χ4v) is 3.56. The molecule has 6 nitrogen and oxygen atoms in total. The molecule has 3 aromatic carbocycles. The number of rotatable bonds is 7. The summed E-state index contributed by atoms with van der Waals surface area (Å²) < 4.78 is 38.7. The number of methoxy groups -OCH3 is 1. The molecule has 0 aliphatic carbocycles. The number of para-hydroxylation sites is 2. The molecule has 4 rings (SSSR count). The Labute approximate surface area is 189 Å². The minimum atomic E-state index is -1.03. The average Bonchev–Trinajstić information content (AvgIpc) is 3.04. The first-order chi connectivity index (χ1) is 15.9. The van der Waals surface area contributed by atoms with E-state index < -0.39 is 23.4 Å². The monoisotopic (exact) mass is 450 g/mol. The lowest BCUT2D eigenvalue weighted by molar-refractivity contribution is -0.120. The number of ether oxygens (including phenoxy) is 2.